The normalized spacial score (nSPS) is 23.6. The van der Waals surface area contributed by atoms with Crippen molar-refractivity contribution in [2.45, 2.75) is 51.0 Å². The third-order valence-electron chi connectivity index (χ3n) is 5.81. The van der Waals surface area contributed by atoms with Gasteiger partial charge in [-0.2, -0.15) is 0 Å². The van der Waals surface area contributed by atoms with Gasteiger partial charge in [0.15, 0.2) is 0 Å². The molecule has 0 spiro atoms. The number of fused-ring (bicyclic) bond motifs is 3. The molecule has 0 saturated carbocycles. The lowest BCUT2D eigenvalue weighted by Gasteiger charge is -2.36. The summed E-state index contributed by atoms with van der Waals surface area (Å²) in [5.41, 5.74) is 3.11. The maximum atomic E-state index is 13.7. The molecule has 2 aliphatic rings. The second kappa shape index (κ2) is 6.97. The second-order valence-corrected chi connectivity index (χ2v) is 8.07. The molecule has 1 fully saturated rings. The lowest BCUT2D eigenvalue weighted by molar-refractivity contribution is -0.152. The Morgan fingerprint density at radius 2 is 1.93 bits per heavy atom. The molecule has 0 bridgehead atoms. The first-order valence-electron chi connectivity index (χ1n) is 9.75. The van der Waals surface area contributed by atoms with Crippen molar-refractivity contribution in [2.24, 2.45) is 5.92 Å². The standard InChI is InChI=1S/C24H27NO2/c1-4-10-19(15-17-11-6-5-7-12-17)23(26)25-22-20-14-9-8-13-18(20)16-21(22)27-24(25,2)3/h4-9,11-14,19,21-22H,1,10,15-16H2,2-3H3/t19-,21+,22?/m0/s1. The average molecular weight is 361 g/mol. The van der Waals surface area contributed by atoms with Crippen LogP contribution in [0.25, 0.3) is 0 Å². The van der Waals surface area contributed by atoms with Gasteiger partial charge in [-0.25, -0.2) is 0 Å². The number of carbonyl (C=O) groups is 1. The Morgan fingerprint density at radius 3 is 2.67 bits per heavy atom. The predicted octanol–water partition coefficient (Wildman–Crippen LogP) is 4.68. The van der Waals surface area contributed by atoms with Gasteiger partial charge in [0.2, 0.25) is 5.91 Å². The molecule has 0 radical (unpaired) electrons. The van der Waals surface area contributed by atoms with Gasteiger partial charge in [0, 0.05) is 12.3 Å². The topological polar surface area (TPSA) is 29.5 Å². The van der Waals surface area contributed by atoms with Gasteiger partial charge < -0.3 is 9.64 Å². The number of benzene rings is 2. The van der Waals surface area contributed by atoms with E-state index in [4.69, 9.17) is 4.74 Å². The number of carbonyl (C=O) groups excluding carboxylic acids is 1. The van der Waals surface area contributed by atoms with Crippen molar-refractivity contribution in [3.8, 4) is 0 Å². The monoisotopic (exact) mass is 361 g/mol. The van der Waals surface area contributed by atoms with Crippen LogP contribution >= 0.6 is 0 Å². The maximum Gasteiger partial charge on any atom is 0.229 e. The summed E-state index contributed by atoms with van der Waals surface area (Å²) < 4.78 is 6.35. The Morgan fingerprint density at radius 1 is 1.22 bits per heavy atom. The summed E-state index contributed by atoms with van der Waals surface area (Å²) in [6, 6.07) is 18.6. The van der Waals surface area contributed by atoms with Crippen molar-refractivity contribution >= 4 is 5.91 Å². The Kier molecular flexibility index (Phi) is 4.65. The number of ether oxygens (including phenoxy) is 1. The minimum Gasteiger partial charge on any atom is -0.350 e. The van der Waals surface area contributed by atoms with Crippen LogP contribution < -0.4 is 0 Å². The van der Waals surface area contributed by atoms with Crippen molar-refractivity contribution in [2.75, 3.05) is 0 Å². The first-order chi connectivity index (χ1) is 13.0. The number of hydrogen-bond acceptors (Lipinski definition) is 2. The molecule has 1 heterocycles. The summed E-state index contributed by atoms with van der Waals surface area (Å²) in [5.74, 6) is 0.0345. The first kappa shape index (κ1) is 18.0. The second-order valence-electron chi connectivity index (χ2n) is 8.07. The van der Waals surface area contributed by atoms with E-state index in [2.05, 4.69) is 43.0 Å². The molecule has 0 aromatic heterocycles. The van der Waals surface area contributed by atoms with Gasteiger partial charge in [0.1, 0.15) is 5.72 Å². The van der Waals surface area contributed by atoms with E-state index in [0.29, 0.717) is 6.42 Å². The average Bonchev–Trinajstić information content (AvgIpc) is 3.12. The third kappa shape index (κ3) is 3.21. The molecule has 1 unspecified atom stereocenters. The zero-order valence-electron chi connectivity index (χ0n) is 16.1. The van der Waals surface area contributed by atoms with Crippen molar-refractivity contribution in [1.82, 2.24) is 4.90 Å². The minimum absolute atomic E-state index is 0.00629. The highest BCUT2D eigenvalue weighted by Gasteiger charge is 2.54. The fraction of sp³-hybridized carbons (Fsp3) is 0.375. The van der Waals surface area contributed by atoms with Crippen molar-refractivity contribution in [3.05, 3.63) is 83.9 Å². The van der Waals surface area contributed by atoms with Crippen molar-refractivity contribution in [1.29, 1.82) is 0 Å². The van der Waals surface area contributed by atoms with Gasteiger partial charge in [0.25, 0.3) is 0 Å². The van der Waals surface area contributed by atoms with Crippen LogP contribution in [0.1, 0.15) is 43.0 Å². The van der Waals surface area contributed by atoms with Gasteiger partial charge in [0.05, 0.1) is 12.1 Å². The van der Waals surface area contributed by atoms with Crippen LogP contribution in [0.2, 0.25) is 0 Å². The van der Waals surface area contributed by atoms with Crippen LogP contribution in [0.4, 0.5) is 0 Å². The highest BCUT2D eigenvalue weighted by molar-refractivity contribution is 5.81. The summed E-state index contributed by atoms with van der Waals surface area (Å²) in [5, 5.41) is 0. The molecule has 1 aliphatic carbocycles. The van der Waals surface area contributed by atoms with Crippen LogP contribution in [0.5, 0.6) is 0 Å². The molecule has 4 rings (SSSR count). The smallest absolute Gasteiger partial charge is 0.229 e. The number of hydrogen-bond donors (Lipinski definition) is 0. The van der Waals surface area contributed by atoms with Crippen molar-refractivity contribution < 1.29 is 9.53 Å². The van der Waals surface area contributed by atoms with Gasteiger partial charge >= 0.3 is 0 Å². The molecular weight excluding hydrogens is 334 g/mol. The quantitative estimate of drug-likeness (QED) is 0.724. The molecule has 2 aromatic carbocycles. The predicted molar refractivity (Wildman–Crippen MR) is 107 cm³/mol. The van der Waals surface area contributed by atoms with E-state index in [-0.39, 0.29) is 24.0 Å². The Bertz CT molecular complexity index is 842. The molecule has 3 atom stereocenters. The molecular formula is C24H27NO2. The van der Waals surface area contributed by atoms with Gasteiger partial charge in [-0.3, -0.25) is 4.79 Å². The molecule has 27 heavy (non-hydrogen) atoms. The van der Waals surface area contributed by atoms with E-state index in [1.165, 1.54) is 16.7 Å². The highest BCUT2D eigenvalue weighted by Crippen LogP contribution is 2.48. The number of amides is 1. The van der Waals surface area contributed by atoms with Crippen LogP contribution in [0, 0.1) is 5.92 Å². The van der Waals surface area contributed by atoms with E-state index in [0.717, 1.165) is 12.8 Å². The number of allylic oxidation sites excluding steroid dienone is 1. The van der Waals surface area contributed by atoms with Crippen LogP contribution in [0.3, 0.4) is 0 Å². The summed E-state index contributed by atoms with van der Waals surface area (Å²) in [4.78, 5) is 15.7. The van der Waals surface area contributed by atoms with E-state index in [1.807, 2.05) is 43.0 Å². The van der Waals surface area contributed by atoms with E-state index < -0.39 is 5.72 Å². The zero-order valence-corrected chi connectivity index (χ0v) is 16.1. The van der Waals surface area contributed by atoms with Crippen LogP contribution in [0.15, 0.2) is 67.3 Å². The van der Waals surface area contributed by atoms with Crippen molar-refractivity contribution in [3.63, 3.8) is 0 Å². The third-order valence-corrected chi connectivity index (χ3v) is 5.81. The summed E-state index contributed by atoms with van der Waals surface area (Å²) in [6.45, 7) is 7.91. The van der Waals surface area contributed by atoms with Crippen LogP contribution in [-0.2, 0) is 22.4 Å². The molecule has 3 nitrogen and oxygen atoms in total. The van der Waals surface area contributed by atoms with E-state index in [1.54, 1.807) is 0 Å². The van der Waals surface area contributed by atoms with Gasteiger partial charge in [-0.1, -0.05) is 60.7 Å². The largest absolute Gasteiger partial charge is 0.350 e. The van der Waals surface area contributed by atoms with E-state index >= 15 is 0 Å². The Hall–Kier alpha value is -2.39. The highest BCUT2D eigenvalue weighted by atomic mass is 16.5. The van der Waals surface area contributed by atoms with E-state index in [9.17, 15) is 4.79 Å². The molecule has 1 aliphatic heterocycles. The number of rotatable bonds is 5. The SMILES string of the molecule is C=CC[C@@H](Cc1ccccc1)C(=O)N1C2c3ccccc3C[C@H]2OC1(C)C. The minimum atomic E-state index is -0.601. The lowest BCUT2D eigenvalue weighted by Crippen LogP contribution is -2.47. The zero-order chi connectivity index (χ0) is 19.0. The van der Waals surface area contributed by atoms with Gasteiger partial charge in [-0.05, 0) is 43.4 Å². The summed E-state index contributed by atoms with van der Waals surface area (Å²) in [7, 11) is 0. The maximum absolute atomic E-state index is 13.7. The Balaban J connectivity index is 1.66. The fourth-order valence-corrected chi connectivity index (χ4v) is 4.68. The lowest BCUT2D eigenvalue weighted by atomic mass is 9.93. The molecule has 3 heteroatoms. The molecule has 2 aromatic rings. The molecule has 0 N–H and O–H groups in total. The number of nitrogens with zero attached hydrogens (tertiary/aromatic N) is 1. The Labute approximate surface area is 161 Å². The molecule has 140 valence electrons. The molecule has 1 amide bonds. The summed E-state index contributed by atoms with van der Waals surface area (Å²) >= 11 is 0. The molecule has 1 saturated heterocycles. The fourth-order valence-electron chi connectivity index (χ4n) is 4.68. The summed E-state index contributed by atoms with van der Waals surface area (Å²) in [6.07, 6.45) is 4.16. The van der Waals surface area contributed by atoms with Crippen LogP contribution in [-0.4, -0.2) is 22.6 Å². The first-order valence-corrected chi connectivity index (χ1v) is 9.75. The van der Waals surface area contributed by atoms with Gasteiger partial charge in [-0.15, -0.1) is 6.58 Å².